The number of para-hydroxylation sites is 1. The quantitative estimate of drug-likeness (QED) is 0.547. The summed E-state index contributed by atoms with van der Waals surface area (Å²) in [5.41, 5.74) is 3.28. The Morgan fingerprint density at radius 3 is 2.70 bits per heavy atom. The summed E-state index contributed by atoms with van der Waals surface area (Å²) in [7, 11) is 0. The molecule has 0 bridgehead atoms. The molecule has 0 saturated heterocycles. The molecule has 0 aliphatic carbocycles. The molecule has 3 nitrogen and oxygen atoms in total. The minimum absolute atomic E-state index is 0.00380. The number of fused-ring (bicyclic) bond motifs is 1. The largest absolute Gasteiger partial charge is 0.326 e. The maximum absolute atomic E-state index is 6.22. The number of halogens is 1. The van der Waals surface area contributed by atoms with Crippen molar-refractivity contribution in [3.05, 3.63) is 95.7 Å². The summed E-state index contributed by atoms with van der Waals surface area (Å²) in [4.78, 5) is 8.68. The van der Waals surface area contributed by atoms with Crippen LogP contribution in [0.2, 0.25) is 5.02 Å². The third-order valence-corrected chi connectivity index (χ3v) is 4.20. The van der Waals surface area contributed by atoms with Crippen LogP contribution in [0.25, 0.3) is 10.9 Å². The lowest BCUT2D eigenvalue weighted by Gasteiger charge is -2.21. The van der Waals surface area contributed by atoms with E-state index in [1.165, 1.54) is 5.56 Å². The number of aromatic nitrogens is 3. The highest BCUT2D eigenvalue weighted by Gasteiger charge is 2.18. The summed E-state index contributed by atoms with van der Waals surface area (Å²) >= 11 is 6.22. The Balaban J connectivity index is 1.98. The topological polar surface area (TPSA) is 30.7 Å². The van der Waals surface area contributed by atoms with Gasteiger partial charge >= 0.3 is 0 Å². The molecule has 4 heteroatoms. The molecule has 0 N–H and O–H groups in total. The molecule has 0 aliphatic heterocycles. The number of rotatable bonds is 3. The van der Waals surface area contributed by atoms with Crippen LogP contribution >= 0.6 is 11.6 Å². The van der Waals surface area contributed by atoms with Crippen molar-refractivity contribution in [3.63, 3.8) is 0 Å². The molecule has 0 fully saturated rings. The van der Waals surface area contributed by atoms with Crippen molar-refractivity contribution in [1.29, 1.82) is 0 Å². The number of nitrogens with zero attached hydrogens (tertiary/aromatic N) is 3. The van der Waals surface area contributed by atoms with Gasteiger partial charge in [0, 0.05) is 29.0 Å². The van der Waals surface area contributed by atoms with Gasteiger partial charge in [0.2, 0.25) is 0 Å². The van der Waals surface area contributed by atoms with Crippen LogP contribution in [0.3, 0.4) is 0 Å². The number of hydrogen-bond donors (Lipinski definition) is 0. The van der Waals surface area contributed by atoms with E-state index in [1.807, 2.05) is 55.1 Å². The predicted molar refractivity (Wildman–Crippen MR) is 92.7 cm³/mol. The van der Waals surface area contributed by atoms with Crippen molar-refractivity contribution < 1.29 is 0 Å². The maximum atomic E-state index is 6.22. The molecular formula is C19H14ClN3. The highest BCUT2D eigenvalue weighted by molar-refractivity contribution is 6.30. The van der Waals surface area contributed by atoms with E-state index >= 15 is 0 Å². The second-order valence-corrected chi connectivity index (χ2v) is 5.82. The maximum Gasteiger partial charge on any atom is 0.0954 e. The zero-order valence-corrected chi connectivity index (χ0v) is 13.1. The number of imidazole rings is 1. The van der Waals surface area contributed by atoms with Gasteiger partial charge in [-0.2, -0.15) is 0 Å². The Morgan fingerprint density at radius 1 is 0.957 bits per heavy atom. The summed E-state index contributed by atoms with van der Waals surface area (Å²) in [6.07, 6.45) is 7.45. The number of pyridine rings is 1. The van der Waals surface area contributed by atoms with Gasteiger partial charge in [0.15, 0.2) is 0 Å². The highest BCUT2D eigenvalue weighted by Crippen LogP contribution is 2.32. The van der Waals surface area contributed by atoms with Crippen LogP contribution in [-0.2, 0) is 0 Å². The summed E-state index contributed by atoms with van der Waals surface area (Å²) in [6, 6.07) is 18.2. The molecule has 23 heavy (non-hydrogen) atoms. The van der Waals surface area contributed by atoms with Gasteiger partial charge in [-0.15, -0.1) is 0 Å². The van der Waals surface area contributed by atoms with Crippen molar-refractivity contribution in [2.75, 3.05) is 0 Å². The summed E-state index contributed by atoms with van der Waals surface area (Å²) in [5.74, 6) is 0. The smallest absolute Gasteiger partial charge is 0.0954 e. The number of hydrogen-bond acceptors (Lipinski definition) is 2. The van der Waals surface area contributed by atoms with Crippen LogP contribution in [0.15, 0.2) is 79.5 Å². The Hall–Kier alpha value is -2.65. The molecule has 0 saturated carbocycles. The van der Waals surface area contributed by atoms with E-state index in [1.54, 1.807) is 6.20 Å². The van der Waals surface area contributed by atoms with Gasteiger partial charge < -0.3 is 4.57 Å². The van der Waals surface area contributed by atoms with Gasteiger partial charge in [0.05, 0.1) is 17.9 Å². The molecule has 2 heterocycles. The standard InChI is InChI=1S/C19H14ClN3/c20-15-5-3-4-14(12-15)19(23-11-10-21-13-23)17-8-9-22-18-7-2-1-6-16(17)18/h1-13,19H/t19-/m1/s1. The lowest BCUT2D eigenvalue weighted by atomic mass is 9.95. The van der Waals surface area contributed by atoms with Crippen molar-refractivity contribution in [2.45, 2.75) is 6.04 Å². The van der Waals surface area contributed by atoms with E-state index in [9.17, 15) is 0 Å². The van der Waals surface area contributed by atoms with Crippen molar-refractivity contribution >= 4 is 22.5 Å². The molecule has 4 rings (SSSR count). The van der Waals surface area contributed by atoms with Crippen LogP contribution < -0.4 is 0 Å². The fraction of sp³-hybridized carbons (Fsp3) is 0.0526. The second kappa shape index (κ2) is 5.86. The van der Waals surface area contributed by atoms with Crippen LogP contribution in [-0.4, -0.2) is 14.5 Å². The Bertz CT molecular complexity index is 942. The molecule has 4 aromatic rings. The fourth-order valence-corrected chi connectivity index (χ4v) is 3.17. The third-order valence-electron chi connectivity index (χ3n) is 3.96. The van der Waals surface area contributed by atoms with Crippen molar-refractivity contribution in [3.8, 4) is 0 Å². The minimum Gasteiger partial charge on any atom is -0.326 e. The fourth-order valence-electron chi connectivity index (χ4n) is 2.97. The predicted octanol–water partition coefficient (Wildman–Crippen LogP) is 4.72. The Labute approximate surface area is 139 Å². The van der Waals surface area contributed by atoms with Crippen LogP contribution in [0, 0.1) is 0 Å². The lowest BCUT2D eigenvalue weighted by molar-refractivity contribution is 0.681. The normalized spacial score (nSPS) is 12.4. The first-order chi connectivity index (χ1) is 11.3. The van der Waals surface area contributed by atoms with Crippen molar-refractivity contribution in [2.24, 2.45) is 0 Å². The van der Waals surface area contributed by atoms with E-state index in [0.717, 1.165) is 21.5 Å². The molecule has 0 spiro atoms. The minimum atomic E-state index is 0.00380. The first-order valence-corrected chi connectivity index (χ1v) is 7.77. The molecule has 0 radical (unpaired) electrons. The third kappa shape index (κ3) is 2.60. The SMILES string of the molecule is Clc1cccc([C@H](c2ccnc3ccccc23)n2ccnc2)c1. The second-order valence-electron chi connectivity index (χ2n) is 5.38. The zero-order chi connectivity index (χ0) is 15.6. The van der Waals surface area contributed by atoms with Crippen LogP contribution in [0.4, 0.5) is 0 Å². The van der Waals surface area contributed by atoms with E-state index in [-0.39, 0.29) is 6.04 Å². The van der Waals surface area contributed by atoms with Crippen molar-refractivity contribution in [1.82, 2.24) is 14.5 Å². The molecule has 0 aliphatic rings. The van der Waals surface area contributed by atoms with Gasteiger partial charge in [-0.05, 0) is 35.4 Å². The summed E-state index contributed by atoms with van der Waals surface area (Å²) in [6.45, 7) is 0. The molecular weight excluding hydrogens is 306 g/mol. The molecule has 112 valence electrons. The van der Waals surface area contributed by atoms with Gasteiger partial charge in [-0.1, -0.05) is 41.9 Å². The molecule has 2 aromatic heterocycles. The molecule has 0 unspecified atom stereocenters. The summed E-state index contributed by atoms with van der Waals surface area (Å²) in [5, 5.41) is 1.86. The first-order valence-electron chi connectivity index (χ1n) is 7.39. The lowest BCUT2D eigenvalue weighted by Crippen LogP contribution is -2.11. The van der Waals surface area contributed by atoms with Gasteiger partial charge in [0.25, 0.3) is 0 Å². The van der Waals surface area contributed by atoms with Gasteiger partial charge in [-0.3, -0.25) is 4.98 Å². The highest BCUT2D eigenvalue weighted by atomic mass is 35.5. The Morgan fingerprint density at radius 2 is 1.87 bits per heavy atom. The van der Waals surface area contributed by atoms with E-state index in [4.69, 9.17) is 11.6 Å². The average Bonchev–Trinajstić information content (AvgIpc) is 3.10. The molecule has 1 atom stereocenters. The number of benzene rings is 2. The van der Waals surface area contributed by atoms with Crippen LogP contribution in [0.5, 0.6) is 0 Å². The first kappa shape index (κ1) is 14.0. The molecule has 0 amide bonds. The zero-order valence-electron chi connectivity index (χ0n) is 12.3. The molecule has 2 aromatic carbocycles. The van der Waals surface area contributed by atoms with E-state index in [2.05, 4.69) is 32.7 Å². The monoisotopic (exact) mass is 319 g/mol. The Kier molecular flexibility index (Phi) is 3.56. The van der Waals surface area contributed by atoms with Crippen LogP contribution in [0.1, 0.15) is 17.2 Å². The summed E-state index contributed by atoms with van der Waals surface area (Å²) < 4.78 is 2.09. The van der Waals surface area contributed by atoms with Gasteiger partial charge in [-0.25, -0.2) is 4.98 Å². The van der Waals surface area contributed by atoms with Gasteiger partial charge in [0.1, 0.15) is 0 Å². The average molecular weight is 320 g/mol. The van der Waals surface area contributed by atoms with E-state index in [0.29, 0.717) is 0 Å². The van der Waals surface area contributed by atoms with E-state index < -0.39 is 0 Å².